The molecule has 84 valence electrons. The van der Waals surface area contributed by atoms with Crippen LogP contribution in [0.1, 0.15) is 39.5 Å². The molecule has 2 aliphatic heterocycles. The first-order valence-corrected chi connectivity index (χ1v) is 5.44. The van der Waals surface area contributed by atoms with Crippen molar-refractivity contribution in [3.8, 4) is 0 Å². The molecule has 2 fully saturated rings. The van der Waals surface area contributed by atoms with Gasteiger partial charge in [0.2, 0.25) is 11.8 Å². The summed E-state index contributed by atoms with van der Waals surface area (Å²) in [5.41, 5.74) is -1.07. The molecule has 0 saturated carbocycles. The van der Waals surface area contributed by atoms with Crippen LogP contribution in [0.2, 0.25) is 0 Å². The molecule has 0 aliphatic carbocycles. The first kappa shape index (κ1) is 10.4. The minimum atomic E-state index is -0.534. The Hall–Kier alpha value is -1.10. The van der Waals surface area contributed by atoms with E-state index in [1.807, 2.05) is 13.8 Å². The van der Waals surface area contributed by atoms with Gasteiger partial charge >= 0.3 is 0 Å². The summed E-state index contributed by atoms with van der Waals surface area (Å²) in [5.74, 6) is 0.0231. The summed E-state index contributed by atoms with van der Waals surface area (Å²) in [6.07, 6.45) is 2.07. The zero-order chi connectivity index (χ0) is 11.1. The first-order valence-electron chi connectivity index (χ1n) is 5.44. The smallest absolute Gasteiger partial charge is 0.225 e. The van der Waals surface area contributed by atoms with Crippen LogP contribution in [-0.4, -0.2) is 23.1 Å². The quantitative estimate of drug-likeness (QED) is 0.594. The maximum atomic E-state index is 11.6. The van der Waals surface area contributed by atoms with Crippen molar-refractivity contribution in [1.29, 1.82) is 0 Å². The van der Waals surface area contributed by atoms with Crippen LogP contribution in [0.4, 0.5) is 0 Å². The second kappa shape index (κ2) is 3.20. The number of carbonyl (C=O) groups excluding carboxylic acids is 2. The SMILES string of the molecule is CCC12CC(=O)NC(CC)(CC(=O)N1)N2. The van der Waals surface area contributed by atoms with Crippen LogP contribution in [-0.2, 0) is 9.59 Å². The molecule has 2 unspecified atom stereocenters. The van der Waals surface area contributed by atoms with Crippen LogP contribution < -0.4 is 16.0 Å². The van der Waals surface area contributed by atoms with Crippen molar-refractivity contribution in [2.75, 3.05) is 0 Å². The Morgan fingerprint density at radius 1 is 1.00 bits per heavy atom. The van der Waals surface area contributed by atoms with E-state index < -0.39 is 11.3 Å². The number of rotatable bonds is 2. The van der Waals surface area contributed by atoms with Crippen molar-refractivity contribution in [3.05, 3.63) is 0 Å². The molecule has 2 bridgehead atoms. The largest absolute Gasteiger partial charge is 0.337 e. The van der Waals surface area contributed by atoms with Gasteiger partial charge in [0.15, 0.2) is 0 Å². The van der Waals surface area contributed by atoms with E-state index in [1.165, 1.54) is 0 Å². The molecule has 2 heterocycles. The minimum Gasteiger partial charge on any atom is -0.337 e. The molecule has 2 rings (SSSR count). The summed E-state index contributed by atoms with van der Waals surface area (Å²) in [7, 11) is 0. The average molecular weight is 211 g/mol. The number of carbonyl (C=O) groups is 2. The van der Waals surface area contributed by atoms with Crippen LogP contribution in [0.15, 0.2) is 0 Å². The predicted octanol–water partition coefficient (Wildman–Crippen LogP) is -0.172. The molecular formula is C10H17N3O2. The van der Waals surface area contributed by atoms with Gasteiger partial charge in [-0.3, -0.25) is 14.9 Å². The van der Waals surface area contributed by atoms with Crippen molar-refractivity contribution < 1.29 is 9.59 Å². The van der Waals surface area contributed by atoms with E-state index in [1.54, 1.807) is 0 Å². The Kier molecular flexibility index (Phi) is 2.22. The highest BCUT2D eigenvalue weighted by molar-refractivity contribution is 5.86. The standard InChI is InChI=1S/C10H17N3O2/c1-3-9-5-7(14)12-10(4-2,13-9)6-8(15)11-9/h13H,3-6H2,1-2H3,(H,11,15)(H,12,14). The molecule has 0 aromatic carbocycles. The molecule has 0 spiro atoms. The highest BCUT2D eigenvalue weighted by Crippen LogP contribution is 2.29. The van der Waals surface area contributed by atoms with Gasteiger partial charge in [-0.25, -0.2) is 0 Å². The minimum absolute atomic E-state index is 0.0115. The first-order chi connectivity index (χ1) is 7.03. The summed E-state index contributed by atoms with van der Waals surface area (Å²) in [4.78, 5) is 23.2. The molecule has 5 heteroatoms. The topological polar surface area (TPSA) is 70.2 Å². The number of hydrogen-bond donors (Lipinski definition) is 3. The Balaban J connectivity index is 2.34. The van der Waals surface area contributed by atoms with E-state index in [0.717, 1.165) is 0 Å². The van der Waals surface area contributed by atoms with E-state index >= 15 is 0 Å². The van der Waals surface area contributed by atoms with Crippen molar-refractivity contribution in [1.82, 2.24) is 16.0 Å². The number of hydrogen-bond acceptors (Lipinski definition) is 3. The zero-order valence-corrected chi connectivity index (χ0v) is 9.14. The summed E-state index contributed by atoms with van der Waals surface area (Å²) in [5, 5.41) is 9.16. The fraction of sp³-hybridized carbons (Fsp3) is 0.800. The van der Waals surface area contributed by atoms with Crippen LogP contribution >= 0.6 is 0 Å². The van der Waals surface area contributed by atoms with Gasteiger partial charge in [-0.1, -0.05) is 13.8 Å². The number of amides is 2. The lowest BCUT2D eigenvalue weighted by molar-refractivity contribution is -0.142. The van der Waals surface area contributed by atoms with Crippen LogP contribution in [0.5, 0.6) is 0 Å². The lowest BCUT2D eigenvalue weighted by Gasteiger charge is -2.52. The van der Waals surface area contributed by atoms with Gasteiger partial charge in [-0.2, -0.15) is 0 Å². The van der Waals surface area contributed by atoms with Crippen LogP contribution in [0.25, 0.3) is 0 Å². The van der Waals surface area contributed by atoms with Crippen molar-refractivity contribution in [2.45, 2.75) is 50.9 Å². The van der Waals surface area contributed by atoms with Gasteiger partial charge in [-0.15, -0.1) is 0 Å². The second-order valence-electron chi connectivity index (χ2n) is 4.45. The van der Waals surface area contributed by atoms with E-state index in [2.05, 4.69) is 16.0 Å². The van der Waals surface area contributed by atoms with Gasteiger partial charge < -0.3 is 10.6 Å². The molecule has 0 radical (unpaired) electrons. The zero-order valence-electron chi connectivity index (χ0n) is 9.14. The van der Waals surface area contributed by atoms with Gasteiger partial charge in [0.05, 0.1) is 12.8 Å². The molecular weight excluding hydrogens is 194 g/mol. The summed E-state index contributed by atoms with van der Waals surface area (Å²) in [6, 6.07) is 0. The average Bonchev–Trinajstić information content (AvgIpc) is 2.15. The molecule has 15 heavy (non-hydrogen) atoms. The fourth-order valence-electron chi connectivity index (χ4n) is 2.47. The van der Waals surface area contributed by atoms with Crippen molar-refractivity contribution in [2.24, 2.45) is 0 Å². The lowest BCUT2D eigenvalue weighted by Crippen LogP contribution is -2.80. The third-order valence-corrected chi connectivity index (χ3v) is 3.37. The Bertz CT molecular complexity index is 268. The molecule has 0 aromatic rings. The highest BCUT2D eigenvalue weighted by Gasteiger charge is 2.51. The molecule has 2 amide bonds. The Morgan fingerprint density at radius 2 is 1.40 bits per heavy atom. The summed E-state index contributed by atoms with van der Waals surface area (Å²) in [6.45, 7) is 3.94. The van der Waals surface area contributed by atoms with E-state index in [9.17, 15) is 9.59 Å². The van der Waals surface area contributed by atoms with Crippen molar-refractivity contribution >= 4 is 11.8 Å². The lowest BCUT2D eigenvalue weighted by atomic mass is 9.86. The highest BCUT2D eigenvalue weighted by atomic mass is 16.2. The maximum absolute atomic E-state index is 11.6. The summed E-state index contributed by atoms with van der Waals surface area (Å²) < 4.78 is 0. The third-order valence-electron chi connectivity index (χ3n) is 3.37. The molecule has 3 N–H and O–H groups in total. The van der Waals surface area contributed by atoms with E-state index in [4.69, 9.17) is 0 Å². The van der Waals surface area contributed by atoms with Gasteiger partial charge in [0.1, 0.15) is 11.3 Å². The van der Waals surface area contributed by atoms with Gasteiger partial charge in [0, 0.05) is 0 Å². The normalized spacial score (nSPS) is 39.6. The van der Waals surface area contributed by atoms with Crippen molar-refractivity contribution in [3.63, 3.8) is 0 Å². The van der Waals surface area contributed by atoms with Gasteiger partial charge in [-0.05, 0) is 12.8 Å². The van der Waals surface area contributed by atoms with Crippen LogP contribution in [0, 0.1) is 0 Å². The molecule has 2 aliphatic rings. The number of fused-ring (bicyclic) bond motifs is 2. The maximum Gasteiger partial charge on any atom is 0.225 e. The monoisotopic (exact) mass is 211 g/mol. The second-order valence-corrected chi connectivity index (χ2v) is 4.45. The molecule has 2 saturated heterocycles. The Morgan fingerprint density at radius 3 is 1.73 bits per heavy atom. The molecule has 2 atom stereocenters. The fourth-order valence-corrected chi connectivity index (χ4v) is 2.47. The van der Waals surface area contributed by atoms with E-state index in [0.29, 0.717) is 25.7 Å². The van der Waals surface area contributed by atoms with E-state index in [-0.39, 0.29) is 11.8 Å². The molecule has 0 aromatic heterocycles. The molecule has 5 nitrogen and oxygen atoms in total. The number of nitrogens with one attached hydrogen (secondary N) is 3. The Labute approximate surface area is 89.0 Å². The van der Waals surface area contributed by atoms with Gasteiger partial charge in [0.25, 0.3) is 0 Å². The predicted molar refractivity (Wildman–Crippen MR) is 54.7 cm³/mol. The third kappa shape index (κ3) is 1.61. The van der Waals surface area contributed by atoms with Crippen LogP contribution in [0.3, 0.4) is 0 Å². The summed E-state index contributed by atoms with van der Waals surface area (Å²) >= 11 is 0.